The van der Waals surface area contributed by atoms with Gasteiger partial charge in [0.2, 0.25) is 0 Å². The molecule has 0 amide bonds. The van der Waals surface area contributed by atoms with Gasteiger partial charge in [-0.05, 0) is 68.8 Å². The Morgan fingerprint density at radius 3 is 2.12 bits per heavy atom. The lowest BCUT2D eigenvalue weighted by Crippen LogP contribution is -2.39. The number of rotatable bonds is 17. The largest absolute Gasteiger partial charge is 0.390 e. The molecule has 7 unspecified atom stereocenters. The summed E-state index contributed by atoms with van der Waals surface area (Å²) in [5.41, 5.74) is 0.843. The lowest BCUT2D eigenvalue weighted by molar-refractivity contribution is -0.00631. The number of unbranched alkanes of at least 4 members (excludes halogenated alkanes) is 2. The summed E-state index contributed by atoms with van der Waals surface area (Å²) in [5.74, 6) is 2.08. The van der Waals surface area contributed by atoms with Crippen molar-refractivity contribution in [3.8, 4) is 0 Å². The Morgan fingerprint density at radius 1 is 0.906 bits per heavy atom. The molecule has 3 nitrogen and oxygen atoms in total. The van der Waals surface area contributed by atoms with Crippen LogP contribution in [0.4, 0.5) is 0 Å². The fourth-order valence-corrected chi connectivity index (χ4v) is 5.28. The number of hydrogen-bond acceptors (Lipinski definition) is 3. The molecule has 0 fully saturated rings. The quantitative estimate of drug-likeness (QED) is 0.176. The maximum Gasteiger partial charge on any atom is 0.0814 e. The van der Waals surface area contributed by atoms with Crippen molar-refractivity contribution in [2.24, 2.45) is 23.7 Å². The Bertz CT molecular complexity index is 513. The fourth-order valence-electron chi connectivity index (χ4n) is 5.28. The van der Waals surface area contributed by atoms with Gasteiger partial charge in [0.1, 0.15) is 0 Å². The lowest BCUT2D eigenvalue weighted by Gasteiger charge is -2.37. The Balaban J connectivity index is 2.27. The molecule has 0 saturated heterocycles. The van der Waals surface area contributed by atoms with Crippen molar-refractivity contribution >= 4 is 0 Å². The van der Waals surface area contributed by atoms with E-state index in [1.807, 2.05) is 6.92 Å². The molecule has 2 N–H and O–H groups in total. The van der Waals surface area contributed by atoms with Crippen LogP contribution in [0.2, 0.25) is 0 Å². The van der Waals surface area contributed by atoms with Gasteiger partial charge in [0, 0.05) is 6.61 Å². The first kappa shape index (κ1) is 29.7. The molecule has 0 heterocycles. The van der Waals surface area contributed by atoms with Crippen molar-refractivity contribution < 1.29 is 14.9 Å². The van der Waals surface area contributed by atoms with Gasteiger partial charge < -0.3 is 14.9 Å². The van der Waals surface area contributed by atoms with Crippen molar-refractivity contribution in [3.63, 3.8) is 0 Å². The second-order valence-corrected chi connectivity index (χ2v) is 11.4. The third kappa shape index (κ3) is 11.2. The van der Waals surface area contributed by atoms with Crippen LogP contribution in [0, 0.1) is 23.7 Å². The van der Waals surface area contributed by atoms with Crippen molar-refractivity contribution in [2.45, 2.75) is 143 Å². The van der Waals surface area contributed by atoms with E-state index in [1.165, 1.54) is 50.5 Å². The van der Waals surface area contributed by atoms with Crippen LogP contribution in [-0.2, 0) is 4.74 Å². The monoisotopic (exact) mass is 452 g/mol. The average Bonchev–Trinajstić information content (AvgIpc) is 2.73. The third-order valence-electron chi connectivity index (χ3n) is 7.99. The summed E-state index contributed by atoms with van der Waals surface area (Å²) < 4.78 is 6.06. The molecule has 0 aromatic heterocycles. The second kappa shape index (κ2) is 15.5. The van der Waals surface area contributed by atoms with E-state index in [0.717, 1.165) is 44.6 Å². The molecule has 0 radical (unpaired) electrons. The molecule has 32 heavy (non-hydrogen) atoms. The summed E-state index contributed by atoms with van der Waals surface area (Å²) in [6, 6.07) is 0. The minimum atomic E-state index is -0.473. The zero-order chi connectivity index (χ0) is 24.1. The van der Waals surface area contributed by atoms with Gasteiger partial charge in [0.05, 0.1) is 17.8 Å². The summed E-state index contributed by atoms with van der Waals surface area (Å²) >= 11 is 0. The van der Waals surface area contributed by atoms with Gasteiger partial charge in [0.15, 0.2) is 0 Å². The number of ether oxygens (including phenoxy) is 1. The maximum absolute atomic E-state index is 10.5. The van der Waals surface area contributed by atoms with Gasteiger partial charge in [-0.3, -0.25) is 0 Å². The first-order chi connectivity index (χ1) is 15.1. The van der Waals surface area contributed by atoms with Crippen LogP contribution < -0.4 is 0 Å². The molecule has 1 aliphatic carbocycles. The molecular formula is C29H56O3. The summed E-state index contributed by atoms with van der Waals surface area (Å²) in [4.78, 5) is 0. The molecule has 3 heteroatoms. The van der Waals surface area contributed by atoms with Gasteiger partial charge in [0.25, 0.3) is 0 Å². The molecular weight excluding hydrogens is 396 g/mol. The first-order valence-corrected chi connectivity index (χ1v) is 13.8. The van der Waals surface area contributed by atoms with Gasteiger partial charge in [-0.2, -0.15) is 0 Å². The minimum Gasteiger partial charge on any atom is -0.390 e. The molecule has 0 saturated carbocycles. The van der Waals surface area contributed by atoms with E-state index in [2.05, 4.69) is 47.6 Å². The molecule has 7 atom stereocenters. The van der Waals surface area contributed by atoms with Crippen LogP contribution in [0.15, 0.2) is 11.6 Å². The number of hydrogen-bond donors (Lipinski definition) is 2. The lowest BCUT2D eigenvalue weighted by atomic mass is 9.76. The highest BCUT2D eigenvalue weighted by Crippen LogP contribution is 2.35. The van der Waals surface area contributed by atoms with E-state index in [4.69, 9.17) is 4.74 Å². The van der Waals surface area contributed by atoms with Crippen molar-refractivity contribution in [3.05, 3.63) is 11.6 Å². The van der Waals surface area contributed by atoms with E-state index in [1.54, 1.807) is 0 Å². The Morgan fingerprint density at radius 2 is 1.50 bits per heavy atom. The molecule has 1 rings (SSSR count). The normalized spacial score (nSPS) is 27.6. The molecule has 190 valence electrons. The average molecular weight is 453 g/mol. The van der Waals surface area contributed by atoms with E-state index in [0.29, 0.717) is 11.8 Å². The highest BCUT2D eigenvalue weighted by molar-refractivity contribution is 5.18. The molecule has 1 aliphatic rings. The van der Waals surface area contributed by atoms with Crippen LogP contribution in [0.25, 0.3) is 0 Å². The van der Waals surface area contributed by atoms with Crippen LogP contribution in [0.3, 0.4) is 0 Å². The second-order valence-electron chi connectivity index (χ2n) is 11.4. The van der Waals surface area contributed by atoms with Gasteiger partial charge in [-0.1, -0.05) is 92.1 Å². The topological polar surface area (TPSA) is 49.7 Å². The molecule has 0 bridgehead atoms. The van der Waals surface area contributed by atoms with E-state index >= 15 is 0 Å². The summed E-state index contributed by atoms with van der Waals surface area (Å²) in [6.45, 7) is 16.1. The maximum atomic E-state index is 10.5. The SMILES string of the molecule is CCCCCC(C)(O)CCCC(C)CCCC(C)CCC1=CC(O)C(C)C(C)C1OCC. The Labute approximate surface area is 200 Å². The van der Waals surface area contributed by atoms with E-state index < -0.39 is 5.60 Å². The van der Waals surface area contributed by atoms with Crippen LogP contribution in [0.5, 0.6) is 0 Å². The Hall–Kier alpha value is -0.380. The standard InChI is InChI=1S/C29H56O3/c1-8-10-11-19-29(7,31)20-13-16-22(3)14-12-15-23(4)17-18-26-21-27(30)24(5)25(6)28(26)32-9-2/h21-25,27-28,30-31H,8-20H2,1-7H3. The van der Waals surface area contributed by atoms with E-state index in [9.17, 15) is 10.2 Å². The molecule has 0 spiro atoms. The minimum absolute atomic E-state index is 0.171. The highest BCUT2D eigenvalue weighted by atomic mass is 16.5. The zero-order valence-corrected chi connectivity index (χ0v) is 22.5. The molecule has 0 aromatic rings. The smallest absolute Gasteiger partial charge is 0.0814 e. The predicted molar refractivity (Wildman–Crippen MR) is 138 cm³/mol. The Kier molecular flexibility index (Phi) is 14.4. The van der Waals surface area contributed by atoms with Gasteiger partial charge >= 0.3 is 0 Å². The molecule has 0 aromatic carbocycles. The van der Waals surface area contributed by atoms with Crippen molar-refractivity contribution in [1.82, 2.24) is 0 Å². The summed E-state index contributed by atoms with van der Waals surface area (Å²) in [7, 11) is 0. The first-order valence-electron chi connectivity index (χ1n) is 13.8. The van der Waals surface area contributed by atoms with Crippen LogP contribution >= 0.6 is 0 Å². The van der Waals surface area contributed by atoms with Crippen molar-refractivity contribution in [2.75, 3.05) is 6.61 Å². The number of aliphatic hydroxyl groups excluding tert-OH is 1. The third-order valence-corrected chi connectivity index (χ3v) is 7.99. The van der Waals surface area contributed by atoms with Gasteiger partial charge in [-0.15, -0.1) is 0 Å². The van der Waals surface area contributed by atoms with E-state index in [-0.39, 0.29) is 18.1 Å². The fraction of sp³-hybridized carbons (Fsp3) is 0.931. The summed E-state index contributed by atoms with van der Waals surface area (Å²) in [6.07, 6.45) is 15.9. The number of aliphatic hydroxyl groups is 2. The highest BCUT2D eigenvalue weighted by Gasteiger charge is 2.34. The van der Waals surface area contributed by atoms with Crippen LogP contribution in [0.1, 0.15) is 126 Å². The predicted octanol–water partition coefficient (Wildman–Crippen LogP) is 7.69. The van der Waals surface area contributed by atoms with Crippen molar-refractivity contribution in [1.29, 1.82) is 0 Å². The van der Waals surface area contributed by atoms with Crippen LogP contribution in [-0.4, -0.2) is 34.6 Å². The summed E-state index contributed by atoms with van der Waals surface area (Å²) in [5, 5.41) is 20.9. The van der Waals surface area contributed by atoms with Gasteiger partial charge in [-0.25, -0.2) is 0 Å². The zero-order valence-electron chi connectivity index (χ0n) is 22.5. The molecule has 0 aliphatic heterocycles.